The van der Waals surface area contributed by atoms with E-state index >= 15 is 0 Å². The highest BCUT2D eigenvalue weighted by atomic mass is 127. The van der Waals surface area contributed by atoms with Crippen molar-refractivity contribution in [1.29, 1.82) is 0 Å². The average Bonchev–Trinajstić information content (AvgIpc) is 2.21. The number of carbonyl (C=O) groups is 2. The molecule has 1 fully saturated rings. The summed E-state index contributed by atoms with van der Waals surface area (Å²) in [6.07, 6.45) is 2.10. The van der Waals surface area contributed by atoms with Crippen molar-refractivity contribution in [3.05, 3.63) is 0 Å². The molecule has 0 radical (unpaired) electrons. The molecule has 86 valence electrons. The standard InChI is InChI=1S/C10H17IN2O2/c1-2-8(10(12)15)13-6-7(5-11)3-4-9(13)14/h7-8H,2-6H2,1H3,(H2,12,15)/t7?,8-/m0/s1. The summed E-state index contributed by atoms with van der Waals surface area (Å²) in [6, 6.07) is -0.414. The SMILES string of the molecule is CC[C@@H](C(N)=O)N1CC(CI)CCC1=O. The van der Waals surface area contributed by atoms with Crippen LogP contribution in [0.25, 0.3) is 0 Å². The molecule has 1 heterocycles. The molecule has 0 spiro atoms. The molecule has 2 amide bonds. The maximum atomic E-state index is 11.7. The van der Waals surface area contributed by atoms with Gasteiger partial charge in [-0.2, -0.15) is 0 Å². The van der Waals surface area contributed by atoms with Crippen molar-refractivity contribution in [1.82, 2.24) is 4.90 Å². The van der Waals surface area contributed by atoms with E-state index in [-0.39, 0.29) is 11.8 Å². The number of carbonyl (C=O) groups excluding carboxylic acids is 2. The number of piperidine rings is 1. The third-order valence-electron chi connectivity index (χ3n) is 2.85. The van der Waals surface area contributed by atoms with Crippen LogP contribution in [0.3, 0.4) is 0 Å². The lowest BCUT2D eigenvalue weighted by Crippen LogP contribution is -2.51. The topological polar surface area (TPSA) is 63.4 Å². The normalized spacial score (nSPS) is 24.0. The first-order chi connectivity index (χ1) is 7.10. The Balaban J connectivity index is 2.71. The molecule has 1 rings (SSSR count). The van der Waals surface area contributed by atoms with E-state index in [1.165, 1.54) is 0 Å². The van der Waals surface area contributed by atoms with E-state index in [2.05, 4.69) is 22.6 Å². The van der Waals surface area contributed by atoms with E-state index in [0.29, 0.717) is 25.3 Å². The quantitative estimate of drug-likeness (QED) is 0.617. The number of likely N-dealkylation sites (tertiary alicyclic amines) is 1. The summed E-state index contributed by atoms with van der Waals surface area (Å²) in [7, 11) is 0. The number of nitrogens with two attached hydrogens (primary N) is 1. The summed E-state index contributed by atoms with van der Waals surface area (Å²) in [5.41, 5.74) is 5.29. The first-order valence-electron chi connectivity index (χ1n) is 5.24. The summed E-state index contributed by atoms with van der Waals surface area (Å²) in [6.45, 7) is 2.57. The Morgan fingerprint density at radius 2 is 2.40 bits per heavy atom. The molecule has 1 aliphatic heterocycles. The number of nitrogens with zero attached hydrogens (tertiary/aromatic N) is 1. The molecule has 5 heteroatoms. The highest BCUT2D eigenvalue weighted by Gasteiger charge is 2.32. The first kappa shape index (κ1) is 12.7. The van der Waals surface area contributed by atoms with E-state index in [9.17, 15) is 9.59 Å². The smallest absolute Gasteiger partial charge is 0.240 e. The summed E-state index contributed by atoms with van der Waals surface area (Å²) in [4.78, 5) is 24.5. The third-order valence-corrected chi connectivity index (χ3v) is 4.10. The van der Waals surface area contributed by atoms with Gasteiger partial charge in [0.05, 0.1) is 0 Å². The molecule has 0 aromatic carbocycles. The van der Waals surface area contributed by atoms with Crippen LogP contribution in [0.2, 0.25) is 0 Å². The lowest BCUT2D eigenvalue weighted by atomic mass is 9.97. The Kier molecular flexibility index (Phi) is 4.82. The summed E-state index contributed by atoms with van der Waals surface area (Å²) in [5, 5.41) is 0. The Morgan fingerprint density at radius 3 is 2.87 bits per heavy atom. The number of halogens is 1. The van der Waals surface area contributed by atoms with Crippen molar-refractivity contribution in [2.24, 2.45) is 11.7 Å². The van der Waals surface area contributed by atoms with E-state index in [1.54, 1.807) is 4.90 Å². The van der Waals surface area contributed by atoms with Gasteiger partial charge in [-0.25, -0.2) is 0 Å². The fraction of sp³-hybridized carbons (Fsp3) is 0.800. The maximum absolute atomic E-state index is 11.7. The fourth-order valence-electron chi connectivity index (χ4n) is 1.94. The van der Waals surface area contributed by atoms with Crippen LogP contribution < -0.4 is 5.73 Å². The number of hydrogen-bond acceptors (Lipinski definition) is 2. The molecule has 2 N–H and O–H groups in total. The van der Waals surface area contributed by atoms with Gasteiger partial charge in [0, 0.05) is 17.4 Å². The highest BCUT2D eigenvalue weighted by molar-refractivity contribution is 14.1. The number of amides is 2. The third kappa shape index (κ3) is 3.06. The van der Waals surface area contributed by atoms with E-state index < -0.39 is 6.04 Å². The van der Waals surface area contributed by atoms with Crippen molar-refractivity contribution in [3.8, 4) is 0 Å². The molecule has 0 aromatic rings. The predicted molar refractivity (Wildman–Crippen MR) is 66.6 cm³/mol. The summed E-state index contributed by atoms with van der Waals surface area (Å²) >= 11 is 2.32. The van der Waals surface area contributed by atoms with Crippen LogP contribution >= 0.6 is 22.6 Å². The molecule has 0 aromatic heterocycles. The average molecular weight is 324 g/mol. The van der Waals surface area contributed by atoms with Crippen LogP contribution in [0.4, 0.5) is 0 Å². The Hall–Kier alpha value is -0.330. The van der Waals surface area contributed by atoms with Crippen molar-refractivity contribution < 1.29 is 9.59 Å². The van der Waals surface area contributed by atoms with Gasteiger partial charge in [-0.05, 0) is 18.8 Å². The Bertz CT molecular complexity index is 258. The number of rotatable bonds is 4. The molecule has 1 unspecified atom stereocenters. The molecule has 4 nitrogen and oxygen atoms in total. The minimum atomic E-state index is -0.414. The van der Waals surface area contributed by atoms with Crippen LogP contribution in [0.15, 0.2) is 0 Å². The molecule has 1 saturated heterocycles. The maximum Gasteiger partial charge on any atom is 0.240 e. The first-order valence-corrected chi connectivity index (χ1v) is 6.77. The van der Waals surface area contributed by atoms with Gasteiger partial charge in [-0.3, -0.25) is 9.59 Å². The van der Waals surface area contributed by atoms with Gasteiger partial charge in [0.25, 0.3) is 0 Å². The molecular formula is C10H17IN2O2. The second kappa shape index (κ2) is 5.67. The van der Waals surface area contributed by atoms with Crippen LogP contribution in [0.1, 0.15) is 26.2 Å². The van der Waals surface area contributed by atoms with Crippen LogP contribution in [-0.2, 0) is 9.59 Å². The van der Waals surface area contributed by atoms with Gasteiger partial charge in [0.2, 0.25) is 11.8 Å². The summed E-state index contributed by atoms with van der Waals surface area (Å²) in [5.74, 6) is 0.193. The number of primary amides is 1. The monoisotopic (exact) mass is 324 g/mol. The zero-order chi connectivity index (χ0) is 11.4. The molecule has 0 saturated carbocycles. The number of hydrogen-bond donors (Lipinski definition) is 1. The zero-order valence-corrected chi connectivity index (χ0v) is 11.1. The number of alkyl halides is 1. The minimum absolute atomic E-state index is 0.0711. The highest BCUT2D eigenvalue weighted by Crippen LogP contribution is 2.22. The van der Waals surface area contributed by atoms with Crippen molar-refractivity contribution in [2.45, 2.75) is 32.2 Å². The van der Waals surface area contributed by atoms with E-state index in [0.717, 1.165) is 10.8 Å². The molecule has 0 bridgehead atoms. The molecule has 15 heavy (non-hydrogen) atoms. The molecule has 1 aliphatic rings. The van der Waals surface area contributed by atoms with Gasteiger partial charge in [-0.15, -0.1) is 0 Å². The van der Waals surface area contributed by atoms with Crippen LogP contribution in [0.5, 0.6) is 0 Å². The zero-order valence-electron chi connectivity index (χ0n) is 8.91. The van der Waals surface area contributed by atoms with Crippen LogP contribution in [0, 0.1) is 5.92 Å². The van der Waals surface area contributed by atoms with E-state index in [4.69, 9.17) is 5.73 Å². The lowest BCUT2D eigenvalue weighted by Gasteiger charge is -2.36. The largest absolute Gasteiger partial charge is 0.368 e. The summed E-state index contributed by atoms with van der Waals surface area (Å²) < 4.78 is 1.02. The van der Waals surface area contributed by atoms with Crippen molar-refractivity contribution in [2.75, 3.05) is 11.0 Å². The molecular weight excluding hydrogens is 307 g/mol. The van der Waals surface area contributed by atoms with E-state index in [1.807, 2.05) is 6.92 Å². The van der Waals surface area contributed by atoms with Gasteiger partial charge in [0.15, 0.2) is 0 Å². The minimum Gasteiger partial charge on any atom is -0.368 e. The second-order valence-corrected chi connectivity index (χ2v) is 4.81. The molecule has 0 aliphatic carbocycles. The predicted octanol–water partition coefficient (Wildman–Crippen LogP) is 0.924. The van der Waals surface area contributed by atoms with Gasteiger partial charge in [0.1, 0.15) is 6.04 Å². The lowest BCUT2D eigenvalue weighted by molar-refractivity contribution is -0.142. The van der Waals surface area contributed by atoms with Gasteiger partial charge in [-0.1, -0.05) is 29.5 Å². The molecule has 2 atom stereocenters. The van der Waals surface area contributed by atoms with Crippen molar-refractivity contribution in [3.63, 3.8) is 0 Å². The van der Waals surface area contributed by atoms with Crippen molar-refractivity contribution >= 4 is 34.4 Å². The second-order valence-electron chi connectivity index (χ2n) is 3.93. The van der Waals surface area contributed by atoms with Gasteiger partial charge < -0.3 is 10.6 Å². The Morgan fingerprint density at radius 1 is 1.73 bits per heavy atom. The van der Waals surface area contributed by atoms with Gasteiger partial charge >= 0.3 is 0 Å². The fourth-order valence-corrected chi connectivity index (χ4v) is 2.66. The Labute approximate surface area is 104 Å². The van der Waals surface area contributed by atoms with Crippen LogP contribution in [-0.4, -0.2) is 33.7 Å².